The predicted molar refractivity (Wildman–Crippen MR) is 72.6 cm³/mol. The van der Waals surface area contributed by atoms with Gasteiger partial charge in [-0.2, -0.15) is 5.10 Å². The van der Waals surface area contributed by atoms with E-state index in [4.69, 9.17) is 10.5 Å². The van der Waals surface area contributed by atoms with E-state index in [9.17, 15) is 0 Å². The van der Waals surface area contributed by atoms with Crippen LogP contribution >= 0.6 is 11.3 Å². The maximum absolute atomic E-state index is 5.60. The van der Waals surface area contributed by atoms with Gasteiger partial charge < -0.3 is 10.5 Å². The predicted octanol–water partition coefficient (Wildman–Crippen LogP) is 1.88. The number of aromatic nitrogens is 3. The van der Waals surface area contributed by atoms with Gasteiger partial charge in [-0.05, 0) is 19.4 Å². The van der Waals surface area contributed by atoms with E-state index in [0.29, 0.717) is 5.82 Å². The van der Waals surface area contributed by atoms with Crippen molar-refractivity contribution in [3.8, 4) is 0 Å². The first-order valence-electron chi connectivity index (χ1n) is 6.01. The summed E-state index contributed by atoms with van der Waals surface area (Å²) in [7, 11) is 0. The van der Waals surface area contributed by atoms with Gasteiger partial charge in [0, 0.05) is 30.6 Å². The lowest BCUT2D eigenvalue weighted by atomic mass is 10.3. The standard InChI is InChI=1S/C12H18N4OS/c1-10-11(18-9-14-10)4-8-17-7-2-5-16-6-3-12(13)15-16/h3,6,9H,2,4-5,7-8H2,1H3,(H2,13,15). The van der Waals surface area contributed by atoms with Crippen molar-refractivity contribution in [2.45, 2.75) is 26.3 Å². The molecule has 0 saturated carbocycles. The van der Waals surface area contributed by atoms with Gasteiger partial charge in [0.2, 0.25) is 0 Å². The van der Waals surface area contributed by atoms with Crippen LogP contribution in [0.4, 0.5) is 5.82 Å². The number of aryl methyl sites for hydroxylation is 2. The largest absolute Gasteiger partial charge is 0.382 e. The Morgan fingerprint density at radius 2 is 2.33 bits per heavy atom. The Bertz CT molecular complexity index is 480. The van der Waals surface area contributed by atoms with Crippen LogP contribution in [0.3, 0.4) is 0 Å². The zero-order valence-corrected chi connectivity index (χ0v) is 11.3. The van der Waals surface area contributed by atoms with E-state index in [1.807, 2.05) is 23.3 Å². The Morgan fingerprint density at radius 1 is 1.44 bits per heavy atom. The van der Waals surface area contributed by atoms with Crippen molar-refractivity contribution in [1.82, 2.24) is 14.8 Å². The summed E-state index contributed by atoms with van der Waals surface area (Å²) in [5.74, 6) is 0.566. The molecule has 0 aliphatic carbocycles. The highest BCUT2D eigenvalue weighted by Crippen LogP contribution is 2.12. The van der Waals surface area contributed by atoms with Crippen molar-refractivity contribution in [3.05, 3.63) is 28.3 Å². The summed E-state index contributed by atoms with van der Waals surface area (Å²) < 4.78 is 7.44. The second-order valence-corrected chi connectivity index (χ2v) is 5.02. The van der Waals surface area contributed by atoms with E-state index < -0.39 is 0 Å². The summed E-state index contributed by atoms with van der Waals surface area (Å²) in [5.41, 5.74) is 8.53. The molecule has 2 heterocycles. The fourth-order valence-corrected chi connectivity index (χ4v) is 2.43. The Morgan fingerprint density at radius 3 is 3.00 bits per heavy atom. The molecule has 0 amide bonds. The molecule has 2 aromatic heterocycles. The van der Waals surface area contributed by atoms with E-state index in [-0.39, 0.29) is 0 Å². The highest BCUT2D eigenvalue weighted by Gasteiger charge is 2.01. The molecule has 2 aromatic rings. The quantitative estimate of drug-likeness (QED) is 0.777. The highest BCUT2D eigenvalue weighted by atomic mass is 32.1. The molecule has 0 aromatic carbocycles. The molecule has 98 valence electrons. The number of hydrogen-bond acceptors (Lipinski definition) is 5. The monoisotopic (exact) mass is 266 g/mol. The SMILES string of the molecule is Cc1ncsc1CCOCCCn1ccc(N)n1. The fraction of sp³-hybridized carbons (Fsp3) is 0.500. The molecule has 0 aliphatic heterocycles. The number of hydrogen-bond donors (Lipinski definition) is 1. The molecule has 0 aliphatic rings. The number of rotatable bonds is 7. The van der Waals surface area contributed by atoms with Crippen molar-refractivity contribution >= 4 is 17.2 Å². The molecule has 0 fully saturated rings. The van der Waals surface area contributed by atoms with E-state index >= 15 is 0 Å². The van der Waals surface area contributed by atoms with Gasteiger partial charge in [0.05, 0.1) is 17.8 Å². The molecule has 18 heavy (non-hydrogen) atoms. The lowest BCUT2D eigenvalue weighted by Gasteiger charge is -2.04. The van der Waals surface area contributed by atoms with Gasteiger partial charge >= 0.3 is 0 Å². The lowest BCUT2D eigenvalue weighted by Crippen LogP contribution is -2.05. The van der Waals surface area contributed by atoms with Crippen molar-refractivity contribution in [3.63, 3.8) is 0 Å². The molecule has 0 saturated heterocycles. The van der Waals surface area contributed by atoms with Gasteiger partial charge in [0.25, 0.3) is 0 Å². The Hall–Kier alpha value is -1.40. The molecule has 0 unspecified atom stereocenters. The molecule has 5 nitrogen and oxygen atoms in total. The van der Waals surface area contributed by atoms with Crippen LogP contribution in [0.2, 0.25) is 0 Å². The second kappa shape index (κ2) is 6.51. The Kier molecular flexibility index (Phi) is 4.72. The minimum Gasteiger partial charge on any atom is -0.382 e. The van der Waals surface area contributed by atoms with Crippen molar-refractivity contribution in [2.24, 2.45) is 0 Å². The van der Waals surface area contributed by atoms with Gasteiger partial charge in [0.1, 0.15) is 5.82 Å². The Labute approximate surface area is 111 Å². The number of anilines is 1. The molecular weight excluding hydrogens is 248 g/mol. The molecule has 6 heteroatoms. The molecule has 0 bridgehead atoms. The van der Waals surface area contributed by atoms with Crippen molar-refractivity contribution in [1.29, 1.82) is 0 Å². The van der Waals surface area contributed by atoms with Crippen LogP contribution in [0.5, 0.6) is 0 Å². The maximum atomic E-state index is 5.60. The average molecular weight is 266 g/mol. The van der Waals surface area contributed by atoms with Crippen LogP contribution in [0.25, 0.3) is 0 Å². The molecule has 2 N–H and O–H groups in total. The first-order valence-corrected chi connectivity index (χ1v) is 6.89. The summed E-state index contributed by atoms with van der Waals surface area (Å²) in [6, 6.07) is 1.80. The van der Waals surface area contributed by atoms with Gasteiger partial charge in [-0.1, -0.05) is 0 Å². The van der Waals surface area contributed by atoms with E-state index in [1.165, 1.54) is 4.88 Å². The van der Waals surface area contributed by atoms with Crippen LogP contribution in [0.1, 0.15) is 17.0 Å². The second-order valence-electron chi connectivity index (χ2n) is 4.08. The summed E-state index contributed by atoms with van der Waals surface area (Å²) in [4.78, 5) is 5.53. The summed E-state index contributed by atoms with van der Waals surface area (Å²) in [6.07, 6.45) is 3.78. The number of thiazole rings is 1. The summed E-state index contributed by atoms with van der Waals surface area (Å²) >= 11 is 1.69. The molecular formula is C12H18N4OS. The van der Waals surface area contributed by atoms with Gasteiger partial charge in [-0.3, -0.25) is 4.68 Å². The lowest BCUT2D eigenvalue weighted by molar-refractivity contribution is 0.131. The number of nitrogens with zero attached hydrogens (tertiary/aromatic N) is 3. The normalized spacial score (nSPS) is 10.9. The van der Waals surface area contributed by atoms with Crippen LogP contribution in [-0.4, -0.2) is 28.0 Å². The number of ether oxygens (including phenoxy) is 1. The zero-order valence-electron chi connectivity index (χ0n) is 10.5. The molecule has 2 rings (SSSR count). The minimum atomic E-state index is 0.566. The third-order valence-electron chi connectivity index (χ3n) is 2.66. The third kappa shape index (κ3) is 3.82. The summed E-state index contributed by atoms with van der Waals surface area (Å²) in [6.45, 7) is 4.38. The Balaban J connectivity index is 1.55. The van der Waals surface area contributed by atoms with E-state index in [1.54, 1.807) is 17.4 Å². The fourth-order valence-electron chi connectivity index (χ4n) is 1.66. The molecule has 0 spiro atoms. The van der Waals surface area contributed by atoms with Crippen LogP contribution in [-0.2, 0) is 17.7 Å². The van der Waals surface area contributed by atoms with Crippen LogP contribution < -0.4 is 5.73 Å². The highest BCUT2D eigenvalue weighted by molar-refractivity contribution is 7.09. The topological polar surface area (TPSA) is 66.0 Å². The van der Waals surface area contributed by atoms with E-state index in [2.05, 4.69) is 10.1 Å². The third-order valence-corrected chi connectivity index (χ3v) is 3.65. The van der Waals surface area contributed by atoms with Crippen molar-refractivity contribution < 1.29 is 4.74 Å². The number of nitrogen functional groups attached to an aromatic ring is 1. The van der Waals surface area contributed by atoms with Gasteiger partial charge in [-0.15, -0.1) is 11.3 Å². The number of nitrogens with two attached hydrogens (primary N) is 1. The van der Waals surface area contributed by atoms with Crippen LogP contribution in [0.15, 0.2) is 17.8 Å². The summed E-state index contributed by atoms with van der Waals surface area (Å²) in [5, 5.41) is 4.11. The maximum Gasteiger partial charge on any atom is 0.145 e. The van der Waals surface area contributed by atoms with Gasteiger partial charge in [0.15, 0.2) is 0 Å². The van der Waals surface area contributed by atoms with Gasteiger partial charge in [-0.25, -0.2) is 4.98 Å². The zero-order chi connectivity index (χ0) is 12.8. The van der Waals surface area contributed by atoms with Crippen molar-refractivity contribution in [2.75, 3.05) is 18.9 Å². The smallest absolute Gasteiger partial charge is 0.145 e. The first-order chi connectivity index (χ1) is 8.75. The van der Waals surface area contributed by atoms with E-state index in [0.717, 1.165) is 38.3 Å². The first kappa shape index (κ1) is 13.0. The molecule has 0 radical (unpaired) electrons. The minimum absolute atomic E-state index is 0.566. The average Bonchev–Trinajstić information content (AvgIpc) is 2.93. The van der Waals surface area contributed by atoms with Crippen LogP contribution in [0, 0.1) is 6.92 Å². The molecule has 0 atom stereocenters.